The number of methoxy groups -OCH3 is 2. The number of imidazole rings is 1. The van der Waals surface area contributed by atoms with Crippen LogP contribution in [-0.4, -0.2) is 29.8 Å². The molecule has 0 aliphatic rings. The molecule has 0 spiro atoms. The van der Waals surface area contributed by atoms with Gasteiger partial charge in [0.05, 0.1) is 20.8 Å². The molecule has 2 aromatic rings. The number of ether oxygens (including phenoxy) is 2. The zero-order chi connectivity index (χ0) is 15.2. The third-order valence-electron chi connectivity index (χ3n) is 3.52. The quantitative estimate of drug-likeness (QED) is 0.848. The number of aromatic nitrogens is 2. The van der Waals surface area contributed by atoms with Gasteiger partial charge in [0.1, 0.15) is 5.82 Å². The Kier molecular flexibility index (Phi) is 5.22. The fraction of sp³-hybridized carbons (Fsp3) is 0.438. The molecule has 0 aliphatic heterocycles. The number of aryl methyl sites for hydroxylation is 1. The summed E-state index contributed by atoms with van der Waals surface area (Å²) in [6.45, 7) is 2.93. The van der Waals surface area contributed by atoms with Crippen LogP contribution in [0.3, 0.4) is 0 Å². The van der Waals surface area contributed by atoms with E-state index in [2.05, 4.69) is 23.3 Å². The van der Waals surface area contributed by atoms with Crippen LogP contribution < -0.4 is 14.8 Å². The smallest absolute Gasteiger partial charge is 0.160 e. The van der Waals surface area contributed by atoms with Crippen LogP contribution in [0.15, 0.2) is 30.6 Å². The molecule has 1 N–H and O–H groups in total. The van der Waals surface area contributed by atoms with E-state index in [0.717, 1.165) is 30.3 Å². The van der Waals surface area contributed by atoms with E-state index in [0.29, 0.717) is 6.04 Å². The third kappa shape index (κ3) is 3.98. The lowest BCUT2D eigenvalue weighted by Gasteiger charge is -2.15. The van der Waals surface area contributed by atoms with E-state index in [1.165, 1.54) is 5.56 Å². The Morgan fingerprint density at radius 2 is 2.00 bits per heavy atom. The van der Waals surface area contributed by atoms with Crippen molar-refractivity contribution in [3.63, 3.8) is 0 Å². The molecule has 1 aromatic carbocycles. The molecule has 5 heteroatoms. The summed E-state index contributed by atoms with van der Waals surface area (Å²) in [6.07, 6.45) is 4.69. The van der Waals surface area contributed by atoms with Gasteiger partial charge in [-0.3, -0.25) is 0 Å². The van der Waals surface area contributed by atoms with E-state index in [4.69, 9.17) is 9.47 Å². The van der Waals surface area contributed by atoms with Crippen LogP contribution in [0.1, 0.15) is 18.3 Å². The fourth-order valence-electron chi connectivity index (χ4n) is 2.27. The summed E-state index contributed by atoms with van der Waals surface area (Å²) >= 11 is 0. The number of hydrogen-bond acceptors (Lipinski definition) is 4. The number of benzene rings is 1. The SMILES string of the molecule is COc1ccc(CC(C)NCc2nccn2C)cc1OC. The summed E-state index contributed by atoms with van der Waals surface area (Å²) in [5.74, 6) is 2.57. The molecule has 0 aliphatic carbocycles. The summed E-state index contributed by atoms with van der Waals surface area (Å²) in [5.41, 5.74) is 1.22. The van der Waals surface area contributed by atoms with Crippen LogP contribution in [-0.2, 0) is 20.0 Å². The summed E-state index contributed by atoms with van der Waals surface area (Å²) < 4.78 is 12.6. The molecule has 0 radical (unpaired) electrons. The average Bonchev–Trinajstić information content (AvgIpc) is 2.90. The van der Waals surface area contributed by atoms with Crippen LogP contribution in [0.5, 0.6) is 11.5 Å². The standard InChI is InChI=1S/C16H23N3O2/c1-12(18-11-16-17-7-8-19(16)2)9-13-5-6-14(20-3)15(10-13)21-4/h5-8,10,12,18H,9,11H2,1-4H3. The van der Waals surface area contributed by atoms with Crippen molar-refractivity contribution in [2.24, 2.45) is 7.05 Å². The lowest BCUT2D eigenvalue weighted by Crippen LogP contribution is -2.28. The van der Waals surface area contributed by atoms with Crippen LogP contribution >= 0.6 is 0 Å². The Balaban J connectivity index is 1.93. The Bertz CT molecular complexity index is 581. The van der Waals surface area contributed by atoms with Gasteiger partial charge in [0.25, 0.3) is 0 Å². The molecule has 1 unspecified atom stereocenters. The van der Waals surface area contributed by atoms with Gasteiger partial charge in [0.15, 0.2) is 11.5 Å². The highest BCUT2D eigenvalue weighted by Gasteiger charge is 2.09. The molecule has 0 amide bonds. The van der Waals surface area contributed by atoms with Crippen LogP contribution in [0.2, 0.25) is 0 Å². The molecule has 1 atom stereocenters. The van der Waals surface area contributed by atoms with Crippen molar-refractivity contribution >= 4 is 0 Å². The molecule has 21 heavy (non-hydrogen) atoms. The third-order valence-corrected chi connectivity index (χ3v) is 3.52. The van der Waals surface area contributed by atoms with Crippen molar-refractivity contribution in [3.05, 3.63) is 42.0 Å². The fourth-order valence-corrected chi connectivity index (χ4v) is 2.27. The molecule has 2 rings (SSSR count). The van der Waals surface area contributed by atoms with Crippen LogP contribution in [0.4, 0.5) is 0 Å². The van der Waals surface area contributed by atoms with Crippen molar-refractivity contribution in [2.45, 2.75) is 25.9 Å². The normalized spacial score (nSPS) is 12.2. The van der Waals surface area contributed by atoms with Crippen molar-refractivity contribution in [3.8, 4) is 11.5 Å². The first-order valence-corrected chi connectivity index (χ1v) is 7.04. The second kappa shape index (κ2) is 7.13. The Labute approximate surface area is 125 Å². The van der Waals surface area contributed by atoms with E-state index in [9.17, 15) is 0 Å². The van der Waals surface area contributed by atoms with Gasteiger partial charge in [-0.1, -0.05) is 6.07 Å². The van der Waals surface area contributed by atoms with E-state index < -0.39 is 0 Å². The van der Waals surface area contributed by atoms with E-state index in [1.54, 1.807) is 14.2 Å². The molecule has 0 bridgehead atoms. The first-order chi connectivity index (χ1) is 10.1. The highest BCUT2D eigenvalue weighted by atomic mass is 16.5. The largest absolute Gasteiger partial charge is 0.493 e. The zero-order valence-electron chi connectivity index (χ0n) is 13.1. The topological polar surface area (TPSA) is 48.3 Å². The minimum atomic E-state index is 0.347. The second-order valence-corrected chi connectivity index (χ2v) is 5.13. The molecule has 1 aromatic heterocycles. The molecular formula is C16H23N3O2. The highest BCUT2D eigenvalue weighted by Crippen LogP contribution is 2.27. The predicted octanol–water partition coefficient (Wildman–Crippen LogP) is 2.16. The van der Waals surface area contributed by atoms with Gasteiger partial charge in [-0.15, -0.1) is 0 Å². The summed E-state index contributed by atoms with van der Waals surface area (Å²) in [5, 5.41) is 3.49. The van der Waals surface area contributed by atoms with Crippen LogP contribution in [0.25, 0.3) is 0 Å². The van der Waals surface area contributed by atoms with Crippen molar-refractivity contribution in [1.82, 2.24) is 14.9 Å². The van der Waals surface area contributed by atoms with Gasteiger partial charge in [-0.2, -0.15) is 0 Å². The van der Waals surface area contributed by atoms with Crippen LogP contribution in [0, 0.1) is 0 Å². The summed E-state index contributed by atoms with van der Waals surface area (Å²) in [4.78, 5) is 4.31. The van der Waals surface area contributed by atoms with E-state index >= 15 is 0 Å². The van der Waals surface area contributed by atoms with Gasteiger partial charge < -0.3 is 19.4 Å². The van der Waals surface area contributed by atoms with E-state index in [-0.39, 0.29) is 0 Å². The molecule has 114 valence electrons. The molecule has 5 nitrogen and oxygen atoms in total. The number of rotatable bonds is 7. The average molecular weight is 289 g/mol. The van der Waals surface area contributed by atoms with Gasteiger partial charge in [0, 0.05) is 25.5 Å². The minimum absolute atomic E-state index is 0.347. The maximum Gasteiger partial charge on any atom is 0.160 e. The molecule has 1 heterocycles. The Morgan fingerprint density at radius 3 is 2.62 bits per heavy atom. The van der Waals surface area contributed by atoms with Gasteiger partial charge >= 0.3 is 0 Å². The maximum absolute atomic E-state index is 5.33. The summed E-state index contributed by atoms with van der Waals surface area (Å²) in [7, 11) is 5.31. The minimum Gasteiger partial charge on any atom is -0.493 e. The highest BCUT2D eigenvalue weighted by molar-refractivity contribution is 5.43. The second-order valence-electron chi connectivity index (χ2n) is 5.13. The van der Waals surface area contributed by atoms with Gasteiger partial charge in [-0.25, -0.2) is 4.98 Å². The zero-order valence-corrected chi connectivity index (χ0v) is 13.1. The van der Waals surface area contributed by atoms with Crippen molar-refractivity contribution < 1.29 is 9.47 Å². The van der Waals surface area contributed by atoms with Crippen molar-refractivity contribution in [2.75, 3.05) is 14.2 Å². The number of hydrogen-bond donors (Lipinski definition) is 1. The van der Waals surface area contributed by atoms with Gasteiger partial charge in [-0.05, 0) is 31.0 Å². The monoisotopic (exact) mass is 289 g/mol. The Morgan fingerprint density at radius 1 is 1.24 bits per heavy atom. The number of nitrogens with one attached hydrogen (secondary N) is 1. The summed E-state index contributed by atoms with van der Waals surface area (Å²) in [6, 6.07) is 6.39. The van der Waals surface area contributed by atoms with E-state index in [1.807, 2.05) is 36.1 Å². The predicted molar refractivity (Wildman–Crippen MR) is 82.8 cm³/mol. The Hall–Kier alpha value is -2.01. The van der Waals surface area contributed by atoms with Gasteiger partial charge in [0.2, 0.25) is 0 Å². The molecule has 0 fully saturated rings. The number of nitrogens with zero attached hydrogens (tertiary/aromatic N) is 2. The maximum atomic E-state index is 5.33. The first kappa shape index (κ1) is 15.4. The first-order valence-electron chi connectivity index (χ1n) is 7.04. The lowest BCUT2D eigenvalue weighted by molar-refractivity contribution is 0.354. The lowest BCUT2D eigenvalue weighted by atomic mass is 10.1. The molecule has 0 saturated heterocycles. The molecular weight excluding hydrogens is 266 g/mol. The van der Waals surface area contributed by atoms with Crippen molar-refractivity contribution in [1.29, 1.82) is 0 Å². The molecule has 0 saturated carbocycles.